The van der Waals surface area contributed by atoms with E-state index in [9.17, 15) is 10.0 Å². The summed E-state index contributed by atoms with van der Waals surface area (Å²) < 4.78 is 6.04. The van der Waals surface area contributed by atoms with E-state index in [0.717, 1.165) is 16.7 Å². The Balaban J connectivity index is 2.42. The van der Waals surface area contributed by atoms with Crippen molar-refractivity contribution in [3.63, 3.8) is 0 Å². The molecule has 2 N–H and O–H groups in total. The van der Waals surface area contributed by atoms with Crippen LogP contribution in [-0.2, 0) is 15.4 Å². The molecule has 0 bridgehead atoms. The van der Waals surface area contributed by atoms with Gasteiger partial charge in [0.2, 0.25) is 10.5 Å². The molecule has 141 valence electrons. The van der Waals surface area contributed by atoms with Crippen molar-refractivity contribution >= 4 is 23.1 Å². The Morgan fingerprint density at radius 2 is 1.25 bits per heavy atom. The van der Waals surface area contributed by atoms with E-state index in [-0.39, 0.29) is 5.41 Å². The summed E-state index contributed by atoms with van der Waals surface area (Å²) in [6.45, 7) is 6.38. The highest BCUT2D eigenvalue weighted by Crippen LogP contribution is 2.40. The summed E-state index contributed by atoms with van der Waals surface area (Å²) in [5.41, 5.74) is 2.75. The molecule has 0 saturated carbocycles. The third kappa shape index (κ3) is 3.71. The van der Waals surface area contributed by atoms with Gasteiger partial charge < -0.3 is 14.5 Å². The van der Waals surface area contributed by atoms with E-state index in [1.807, 2.05) is 72.8 Å². The van der Waals surface area contributed by atoms with Crippen molar-refractivity contribution in [3.8, 4) is 0 Å². The lowest BCUT2D eigenvalue weighted by molar-refractivity contribution is 0.174. The average molecular weight is 387 g/mol. The van der Waals surface area contributed by atoms with Crippen LogP contribution in [0.25, 0.3) is 0 Å². The second-order valence-corrected chi connectivity index (χ2v) is 8.15. The molecule has 0 unspecified atom stereocenters. The number of benzene rings is 3. The van der Waals surface area contributed by atoms with Crippen LogP contribution in [0.2, 0.25) is 0 Å². The zero-order chi connectivity index (χ0) is 20.4. The summed E-state index contributed by atoms with van der Waals surface area (Å²) in [6.07, 6.45) is 0. The molecule has 0 saturated heterocycles. The highest BCUT2D eigenvalue weighted by molar-refractivity contribution is 6.59. The van der Waals surface area contributed by atoms with Crippen LogP contribution in [0.3, 0.4) is 0 Å². The van der Waals surface area contributed by atoms with Crippen molar-refractivity contribution in [3.05, 3.63) is 101 Å². The Morgan fingerprint density at radius 3 is 1.64 bits per heavy atom. The molecule has 0 aliphatic carbocycles. The van der Waals surface area contributed by atoms with Crippen LogP contribution in [0.1, 0.15) is 43.0 Å². The van der Waals surface area contributed by atoms with Crippen molar-refractivity contribution in [2.45, 2.75) is 31.8 Å². The number of rotatable bonds is 5. The molecule has 0 atom stereocenters. The zero-order valence-corrected chi connectivity index (χ0v) is 17.4. The smallest absolute Gasteiger partial charge is 0.423 e. The first-order valence-corrected chi connectivity index (χ1v) is 9.68. The maximum absolute atomic E-state index is 10.1. The minimum Gasteiger partial charge on any atom is -0.423 e. The molecule has 0 amide bonds. The lowest BCUT2D eigenvalue weighted by atomic mass is 9.67. The van der Waals surface area contributed by atoms with Gasteiger partial charge in [0.15, 0.2) is 0 Å². The first-order valence-electron chi connectivity index (χ1n) is 9.27. The monoisotopic (exact) mass is 387 g/mol. The van der Waals surface area contributed by atoms with Gasteiger partial charge in [-0.1, -0.05) is 99.6 Å². The van der Waals surface area contributed by atoms with E-state index in [1.54, 1.807) is 6.07 Å². The van der Waals surface area contributed by atoms with Gasteiger partial charge in [-0.15, -0.1) is 0 Å². The van der Waals surface area contributed by atoms with Gasteiger partial charge in [0, 0.05) is 0 Å². The molecule has 0 aliphatic rings. The maximum atomic E-state index is 10.1. The van der Waals surface area contributed by atoms with Crippen LogP contribution in [0.5, 0.6) is 0 Å². The van der Waals surface area contributed by atoms with Crippen molar-refractivity contribution in [1.29, 1.82) is 0 Å². The molecule has 28 heavy (non-hydrogen) atoms. The van der Waals surface area contributed by atoms with Crippen LogP contribution in [-0.4, -0.2) is 27.7 Å². The van der Waals surface area contributed by atoms with Crippen LogP contribution < -0.4 is 5.46 Å². The summed E-state index contributed by atoms with van der Waals surface area (Å²) in [5, 5.41) is 20.3. The summed E-state index contributed by atoms with van der Waals surface area (Å²) in [5.74, 6) is 0. The highest BCUT2D eigenvalue weighted by atomic mass is 28.2. The van der Waals surface area contributed by atoms with Gasteiger partial charge in [0.25, 0.3) is 0 Å². The van der Waals surface area contributed by atoms with Crippen LogP contribution >= 0.6 is 0 Å². The Bertz CT molecular complexity index is 882. The molecule has 3 aromatic carbocycles. The van der Waals surface area contributed by atoms with E-state index in [0.29, 0.717) is 11.0 Å². The lowest BCUT2D eigenvalue weighted by Crippen LogP contribution is -2.43. The fraction of sp³-hybridized carbons (Fsp3) is 0.217. The Labute approximate surface area is 170 Å². The Morgan fingerprint density at radius 1 is 0.750 bits per heavy atom. The second kappa shape index (κ2) is 8.05. The standard InChI is InChI=1S/C23H24BO3Si/c1-22(2,3)19-14-15-21(24(25)26)20(16-19)23(27-28,17-10-6-4-7-11-17)18-12-8-5-9-13-18/h4-16,25-26H,1-3H3. The largest absolute Gasteiger partial charge is 0.488 e. The molecular weight excluding hydrogens is 363 g/mol. The molecule has 0 fully saturated rings. The van der Waals surface area contributed by atoms with E-state index in [2.05, 4.69) is 31.3 Å². The minimum atomic E-state index is -1.63. The Kier molecular flexibility index (Phi) is 5.91. The van der Waals surface area contributed by atoms with Crippen molar-refractivity contribution in [2.75, 3.05) is 0 Å². The third-order valence-electron chi connectivity index (χ3n) is 5.09. The zero-order valence-electron chi connectivity index (χ0n) is 16.4. The summed E-state index contributed by atoms with van der Waals surface area (Å²) in [4.78, 5) is 0. The van der Waals surface area contributed by atoms with Crippen LogP contribution in [0.15, 0.2) is 78.9 Å². The van der Waals surface area contributed by atoms with Crippen molar-refractivity contribution in [2.24, 2.45) is 0 Å². The molecule has 0 spiro atoms. The topological polar surface area (TPSA) is 49.7 Å². The average Bonchev–Trinajstić information content (AvgIpc) is 2.70. The van der Waals surface area contributed by atoms with Gasteiger partial charge in [-0.2, -0.15) is 0 Å². The van der Waals surface area contributed by atoms with E-state index in [1.165, 1.54) is 0 Å². The first-order chi connectivity index (χ1) is 13.3. The summed E-state index contributed by atoms with van der Waals surface area (Å²) in [6, 6.07) is 25.3. The van der Waals surface area contributed by atoms with Gasteiger partial charge in [-0.3, -0.25) is 0 Å². The minimum absolute atomic E-state index is 0.113. The second-order valence-electron chi connectivity index (χ2n) is 7.94. The van der Waals surface area contributed by atoms with Crippen molar-refractivity contribution in [1.82, 2.24) is 0 Å². The third-order valence-corrected chi connectivity index (χ3v) is 5.40. The van der Waals surface area contributed by atoms with Crippen LogP contribution in [0.4, 0.5) is 0 Å². The molecule has 3 rings (SSSR count). The molecular formula is C23H24BO3Si. The molecule has 0 aliphatic heterocycles. The van der Waals surface area contributed by atoms with Gasteiger partial charge >= 0.3 is 7.12 Å². The number of hydrogen-bond donors (Lipinski definition) is 2. The summed E-state index contributed by atoms with van der Waals surface area (Å²) >= 11 is 0. The molecule has 3 nitrogen and oxygen atoms in total. The number of hydrogen-bond acceptors (Lipinski definition) is 3. The fourth-order valence-electron chi connectivity index (χ4n) is 3.55. The van der Waals surface area contributed by atoms with Crippen molar-refractivity contribution < 1.29 is 14.5 Å². The van der Waals surface area contributed by atoms with E-state index in [4.69, 9.17) is 4.43 Å². The molecule has 5 heteroatoms. The quantitative estimate of drug-likeness (QED) is 0.523. The van der Waals surface area contributed by atoms with Gasteiger partial charge in [-0.25, -0.2) is 0 Å². The lowest BCUT2D eigenvalue weighted by Gasteiger charge is -2.37. The summed E-state index contributed by atoms with van der Waals surface area (Å²) in [7, 11) is 1.71. The molecule has 3 radical (unpaired) electrons. The normalized spacial score (nSPS) is 12.1. The first kappa shape index (κ1) is 20.6. The van der Waals surface area contributed by atoms with Gasteiger partial charge in [-0.05, 0) is 33.1 Å². The predicted octanol–water partition coefficient (Wildman–Crippen LogP) is 3.06. The molecule has 0 heterocycles. The molecule has 3 aromatic rings. The van der Waals surface area contributed by atoms with E-state index >= 15 is 0 Å². The SMILES string of the molecule is CC(C)(C)c1ccc(B(O)O)c(C(O[Si])(c2ccccc2)c2ccccc2)c1. The molecule has 0 aromatic heterocycles. The highest BCUT2D eigenvalue weighted by Gasteiger charge is 2.40. The maximum Gasteiger partial charge on any atom is 0.488 e. The fourth-order valence-corrected chi connectivity index (χ4v) is 3.89. The van der Waals surface area contributed by atoms with Gasteiger partial charge in [0.1, 0.15) is 5.60 Å². The van der Waals surface area contributed by atoms with E-state index < -0.39 is 12.7 Å². The Hall–Kier alpha value is -2.18. The van der Waals surface area contributed by atoms with Gasteiger partial charge in [0.05, 0.1) is 0 Å². The predicted molar refractivity (Wildman–Crippen MR) is 115 cm³/mol. The van der Waals surface area contributed by atoms with Crippen LogP contribution in [0, 0.1) is 0 Å².